The van der Waals surface area contributed by atoms with Crippen molar-refractivity contribution in [3.05, 3.63) is 28.0 Å². The number of carbonyl (C=O) groups is 1. The molecule has 1 aromatic rings. The highest BCUT2D eigenvalue weighted by Crippen LogP contribution is 2.34. The number of rotatable bonds is 3. The second-order valence-corrected chi connectivity index (χ2v) is 5.96. The molecule has 0 bridgehead atoms. The zero-order chi connectivity index (χ0) is 14.0. The van der Waals surface area contributed by atoms with Crippen LogP contribution in [0.5, 0.6) is 0 Å². The summed E-state index contributed by atoms with van der Waals surface area (Å²) in [5.74, 6) is 1.09. The SMILES string of the molecule is CCC1CCC(NC(=O)c2cc(Cl)nc(Cl)c2)C1C. The Labute approximate surface area is 123 Å². The van der Waals surface area contributed by atoms with Crippen LogP contribution < -0.4 is 5.32 Å². The highest BCUT2D eigenvalue weighted by molar-refractivity contribution is 6.33. The number of halogens is 2. The minimum Gasteiger partial charge on any atom is -0.349 e. The molecule has 0 spiro atoms. The van der Waals surface area contributed by atoms with Crippen LogP contribution in [0.3, 0.4) is 0 Å². The zero-order valence-electron chi connectivity index (χ0n) is 11.1. The molecule has 2 rings (SSSR count). The predicted molar refractivity (Wildman–Crippen MR) is 77.7 cm³/mol. The molecule has 3 unspecified atom stereocenters. The minimum atomic E-state index is -0.125. The van der Waals surface area contributed by atoms with Crippen LogP contribution in [0.25, 0.3) is 0 Å². The van der Waals surface area contributed by atoms with E-state index < -0.39 is 0 Å². The first-order valence-corrected chi connectivity index (χ1v) is 7.40. The Morgan fingerprint density at radius 3 is 2.53 bits per heavy atom. The summed E-state index contributed by atoms with van der Waals surface area (Å²) in [4.78, 5) is 16.0. The van der Waals surface area contributed by atoms with Crippen molar-refractivity contribution in [2.75, 3.05) is 0 Å². The van der Waals surface area contributed by atoms with E-state index in [0.717, 1.165) is 6.42 Å². The van der Waals surface area contributed by atoms with Gasteiger partial charge in [-0.1, -0.05) is 43.5 Å². The van der Waals surface area contributed by atoms with E-state index in [-0.39, 0.29) is 22.3 Å². The average Bonchev–Trinajstić information content (AvgIpc) is 2.69. The van der Waals surface area contributed by atoms with Gasteiger partial charge in [-0.3, -0.25) is 4.79 Å². The largest absolute Gasteiger partial charge is 0.349 e. The summed E-state index contributed by atoms with van der Waals surface area (Å²) >= 11 is 11.6. The van der Waals surface area contributed by atoms with E-state index in [0.29, 0.717) is 17.4 Å². The number of hydrogen-bond donors (Lipinski definition) is 1. The van der Waals surface area contributed by atoms with Crippen LogP contribution >= 0.6 is 23.2 Å². The molecule has 1 fully saturated rings. The van der Waals surface area contributed by atoms with E-state index in [4.69, 9.17) is 23.2 Å². The molecule has 1 aliphatic rings. The monoisotopic (exact) mass is 300 g/mol. The third-order valence-corrected chi connectivity index (χ3v) is 4.48. The van der Waals surface area contributed by atoms with Crippen molar-refractivity contribution in [3.8, 4) is 0 Å². The number of amides is 1. The minimum absolute atomic E-state index is 0.125. The fourth-order valence-corrected chi connectivity index (χ4v) is 3.34. The molecule has 1 aliphatic carbocycles. The Morgan fingerprint density at radius 2 is 2.00 bits per heavy atom. The van der Waals surface area contributed by atoms with E-state index in [1.54, 1.807) is 12.1 Å². The first-order valence-electron chi connectivity index (χ1n) is 6.65. The van der Waals surface area contributed by atoms with Gasteiger partial charge in [-0.05, 0) is 36.8 Å². The molecule has 1 amide bonds. The van der Waals surface area contributed by atoms with Crippen LogP contribution in [0.1, 0.15) is 43.5 Å². The molecule has 1 saturated carbocycles. The number of carbonyl (C=O) groups excluding carboxylic acids is 1. The van der Waals surface area contributed by atoms with Gasteiger partial charge in [0.1, 0.15) is 10.3 Å². The van der Waals surface area contributed by atoms with Gasteiger partial charge in [0.15, 0.2) is 0 Å². The average molecular weight is 301 g/mol. The summed E-state index contributed by atoms with van der Waals surface area (Å²) in [7, 11) is 0. The van der Waals surface area contributed by atoms with Crippen molar-refractivity contribution in [2.24, 2.45) is 11.8 Å². The van der Waals surface area contributed by atoms with E-state index in [2.05, 4.69) is 24.1 Å². The quantitative estimate of drug-likeness (QED) is 0.859. The van der Waals surface area contributed by atoms with Gasteiger partial charge in [0, 0.05) is 11.6 Å². The summed E-state index contributed by atoms with van der Waals surface area (Å²) < 4.78 is 0. The Hall–Kier alpha value is -0.800. The predicted octanol–water partition coefficient (Wildman–Crippen LogP) is 3.94. The van der Waals surface area contributed by atoms with Gasteiger partial charge < -0.3 is 5.32 Å². The maximum atomic E-state index is 12.2. The van der Waals surface area contributed by atoms with Crippen molar-refractivity contribution in [3.63, 3.8) is 0 Å². The lowest BCUT2D eigenvalue weighted by molar-refractivity contribution is 0.0926. The number of aromatic nitrogens is 1. The normalized spacial score (nSPS) is 26.4. The molecule has 3 atom stereocenters. The molecule has 5 heteroatoms. The molecule has 0 aromatic carbocycles. The van der Waals surface area contributed by atoms with Crippen LogP contribution in [0.2, 0.25) is 10.3 Å². The lowest BCUT2D eigenvalue weighted by atomic mass is 9.93. The number of pyridine rings is 1. The highest BCUT2D eigenvalue weighted by atomic mass is 35.5. The molecule has 0 saturated heterocycles. The topological polar surface area (TPSA) is 42.0 Å². The van der Waals surface area contributed by atoms with Gasteiger partial charge in [0.05, 0.1) is 0 Å². The Balaban J connectivity index is 2.05. The van der Waals surface area contributed by atoms with Gasteiger partial charge in [0.25, 0.3) is 5.91 Å². The molecular weight excluding hydrogens is 283 g/mol. The third-order valence-electron chi connectivity index (χ3n) is 4.09. The van der Waals surface area contributed by atoms with Crippen molar-refractivity contribution >= 4 is 29.1 Å². The maximum absolute atomic E-state index is 12.2. The van der Waals surface area contributed by atoms with Gasteiger partial charge in [-0.15, -0.1) is 0 Å². The number of nitrogens with one attached hydrogen (secondary N) is 1. The van der Waals surface area contributed by atoms with Crippen LogP contribution in [0.15, 0.2) is 12.1 Å². The molecule has 0 aliphatic heterocycles. The molecule has 19 heavy (non-hydrogen) atoms. The first kappa shape index (κ1) is 14.6. The molecule has 1 N–H and O–H groups in total. The Bertz CT molecular complexity index is 458. The van der Waals surface area contributed by atoms with E-state index >= 15 is 0 Å². The molecule has 0 radical (unpaired) electrons. The van der Waals surface area contributed by atoms with Crippen molar-refractivity contribution in [1.82, 2.24) is 10.3 Å². The van der Waals surface area contributed by atoms with E-state index in [9.17, 15) is 4.79 Å². The molecule has 104 valence electrons. The van der Waals surface area contributed by atoms with Crippen LogP contribution in [0.4, 0.5) is 0 Å². The lowest BCUT2D eigenvalue weighted by Crippen LogP contribution is -2.37. The lowest BCUT2D eigenvalue weighted by Gasteiger charge is -2.21. The standard InChI is InChI=1S/C14H18Cl2N2O/c1-3-9-4-5-11(8(9)2)17-14(19)10-6-12(15)18-13(16)7-10/h6-9,11H,3-5H2,1-2H3,(H,17,19). The number of hydrogen-bond acceptors (Lipinski definition) is 2. The van der Waals surface area contributed by atoms with Crippen LogP contribution in [-0.2, 0) is 0 Å². The number of nitrogens with zero attached hydrogens (tertiary/aromatic N) is 1. The second kappa shape index (κ2) is 6.10. The van der Waals surface area contributed by atoms with Crippen LogP contribution in [0, 0.1) is 11.8 Å². The summed E-state index contributed by atoms with van der Waals surface area (Å²) in [6.07, 6.45) is 3.39. The van der Waals surface area contributed by atoms with Gasteiger partial charge in [-0.2, -0.15) is 0 Å². The fourth-order valence-electron chi connectivity index (χ4n) is 2.88. The van der Waals surface area contributed by atoms with Gasteiger partial charge >= 0.3 is 0 Å². The first-order chi connectivity index (χ1) is 9.01. The van der Waals surface area contributed by atoms with Crippen LogP contribution in [-0.4, -0.2) is 16.9 Å². The Morgan fingerprint density at radius 1 is 1.37 bits per heavy atom. The second-order valence-electron chi connectivity index (χ2n) is 5.19. The summed E-state index contributed by atoms with van der Waals surface area (Å²) in [5.41, 5.74) is 0.470. The Kier molecular flexibility index (Phi) is 4.69. The van der Waals surface area contributed by atoms with E-state index in [1.807, 2.05) is 0 Å². The van der Waals surface area contributed by atoms with Crippen molar-refractivity contribution in [1.29, 1.82) is 0 Å². The summed E-state index contributed by atoms with van der Waals surface area (Å²) in [6, 6.07) is 3.32. The molecule has 1 heterocycles. The zero-order valence-corrected chi connectivity index (χ0v) is 12.6. The summed E-state index contributed by atoms with van der Waals surface area (Å²) in [5, 5.41) is 3.56. The van der Waals surface area contributed by atoms with E-state index in [1.165, 1.54) is 12.8 Å². The third kappa shape index (κ3) is 3.40. The maximum Gasteiger partial charge on any atom is 0.251 e. The van der Waals surface area contributed by atoms with Gasteiger partial charge in [-0.25, -0.2) is 4.98 Å². The fraction of sp³-hybridized carbons (Fsp3) is 0.571. The van der Waals surface area contributed by atoms with Gasteiger partial charge in [0.2, 0.25) is 0 Å². The molecule has 1 aromatic heterocycles. The molecular formula is C14H18Cl2N2O. The highest BCUT2D eigenvalue weighted by Gasteiger charge is 2.32. The summed E-state index contributed by atoms with van der Waals surface area (Å²) in [6.45, 7) is 4.41. The van der Waals surface area contributed by atoms with Crippen molar-refractivity contribution in [2.45, 2.75) is 39.2 Å². The smallest absolute Gasteiger partial charge is 0.251 e. The van der Waals surface area contributed by atoms with Crippen molar-refractivity contribution < 1.29 is 4.79 Å². The molecule has 3 nitrogen and oxygen atoms in total.